The molecule has 1 aliphatic heterocycles. The third kappa shape index (κ3) is 4.82. The van der Waals surface area contributed by atoms with E-state index in [9.17, 15) is 15.3 Å². The van der Waals surface area contributed by atoms with Crippen LogP contribution in [0.15, 0.2) is 41.5 Å². The Kier molecular flexibility index (Phi) is 6.84. The number of hydrogen-bond donors (Lipinski definition) is 3. The van der Waals surface area contributed by atoms with E-state index in [2.05, 4.69) is 0 Å². The van der Waals surface area contributed by atoms with E-state index in [1.807, 2.05) is 45.9 Å². The molecule has 1 atom stereocenters. The molecular weight excluding hydrogens is 392 g/mol. The molecule has 0 saturated heterocycles. The second-order valence-corrected chi connectivity index (χ2v) is 8.57. The number of methoxy groups -OCH3 is 1. The van der Waals surface area contributed by atoms with Crippen LogP contribution >= 0.6 is 0 Å². The van der Waals surface area contributed by atoms with Crippen molar-refractivity contribution in [1.82, 2.24) is 0 Å². The van der Waals surface area contributed by atoms with E-state index in [0.29, 0.717) is 54.1 Å². The van der Waals surface area contributed by atoms with E-state index < -0.39 is 0 Å². The van der Waals surface area contributed by atoms with Crippen LogP contribution in [0.2, 0.25) is 0 Å². The third-order valence-corrected chi connectivity index (χ3v) is 5.70. The average Bonchev–Trinajstić information content (AvgIpc) is 2.72. The molecule has 3 rings (SSSR count). The summed E-state index contributed by atoms with van der Waals surface area (Å²) >= 11 is 0. The molecular formula is C26H32O5. The highest BCUT2D eigenvalue weighted by Crippen LogP contribution is 2.46. The number of phenolic OH excluding ortho intramolecular Hbond substituents is 3. The standard InChI is InChI=1S/C26H32O5/c1-15(2)6-8-19-22(27)11-10-18(25(19)28)17-12-21-24(31-14-17)13-23(30-5)20(26(21)29)9-7-16(3)4/h6-7,10-11,13,17,27-29H,8-9,12,14H2,1-5H3. The lowest BCUT2D eigenvalue weighted by molar-refractivity contribution is 0.253. The van der Waals surface area contributed by atoms with Gasteiger partial charge in [-0.1, -0.05) is 29.4 Å². The average molecular weight is 425 g/mol. The maximum atomic E-state index is 11.0. The maximum Gasteiger partial charge on any atom is 0.129 e. The van der Waals surface area contributed by atoms with Gasteiger partial charge in [-0.15, -0.1) is 0 Å². The first-order valence-electron chi connectivity index (χ1n) is 10.6. The van der Waals surface area contributed by atoms with Crippen molar-refractivity contribution in [2.75, 3.05) is 13.7 Å². The van der Waals surface area contributed by atoms with E-state index >= 15 is 0 Å². The lowest BCUT2D eigenvalue weighted by Gasteiger charge is -2.28. The molecule has 0 spiro atoms. The molecule has 2 aromatic rings. The number of hydrogen-bond acceptors (Lipinski definition) is 5. The summed E-state index contributed by atoms with van der Waals surface area (Å²) in [5, 5.41) is 32.2. The molecule has 3 N–H and O–H groups in total. The predicted molar refractivity (Wildman–Crippen MR) is 123 cm³/mol. The van der Waals surface area contributed by atoms with Crippen molar-refractivity contribution >= 4 is 0 Å². The van der Waals surface area contributed by atoms with Gasteiger partial charge in [0.15, 0.2) is 0 Å². The fraction of sp³-hybridized carbons (Fsp3) is 0.385. The van der Waals surface area contributed by atoms with Gasteiger partial charge in [0.25, 0.3) is 0 Å². The molecule has 0 amide bonds. The molecule has 31 heavy (non-hydrogen) atoms. The summed E-state index contributed by atoms with van der Waals surface area (Å²) in [6, 6.07) is 5.18. The van der Waals surface area contributed by atoms with Crippen LogP contribution in [0, 0.1) is 0 Å². The fourth-order valence-corrected chi connectivity index (χ4v) is 3.90. The topological polar surface area (TPSA) is 79.2 Å². The van der Waals surface area contributed by atoms with Gasteiger partial charge in [-0.25, -0.2) is 0 Å². The van der Waals surface area contributed by atoms with Gasteiger partial charge >= 0.3 is 0 Å². The van der Waals surface area contributed by atoms with Crippen LogP contribution in [0.3, 0.4) is 0 Å². The first kappa shape index (κ1) is 22.6. The molecule has 1 heterocycles. The molecule has 1 unspecified atom stereocenters. The highest BCUT2D eigenvalue weighted by molar-refractivity contribution is 5.59. The van der Waals surface area contributed by atoms with E-state index in [1.54, 1.807) is 19.2 Å². The second-order valence-electron chi connectivity index (χ2n) is 8.57. The summed E-state index contributed by atoms with van der Waals surface area (Å²) in [5.41, 5.74) is 4.93. The molecule has 5 nitrogen and oxygen atoms in total. The predicted octanol–water partition coefficient (Wildman–Crippen LogP) is 5.55. The summed E-state index contributed by atoms with van der Waals surface area (Å²) < 4.78 is 11.5. The van der Waals surface area contributed by atoms with Crippen LogP contribution in [-0.4, -0.2) is 29.0 Å². The van der Waals surface area contributed by atoms with Gasteiger partial charge in [-0.05, 0) is 53.0 Å². The van der Waals surface area contributed by atoms with E-state index in [1.165, 1.54) is 0 Å². The molecule has 0 saturated carbocycles. The highest BCUT2D eigenvalue weighted by atomic mass is 16.5. The van der Waals surface area contributed by atoms with Gasteiger partial charge in [0.2, 0.25) is 0 Å². The Morgan fingerprint density at radius 2 is 1.65 bits per heavy atom. The summed E-state index contributed by atoms with van der Waals surface area (Å²) in [6.45, 7) is 8.35. The van der Waals surface area contributed by atoms with Crippen LogP contribution < -0.4 is 9.47 Å². The smallest absolute Gasteiger partial charge is 0.129 e. The van der Waals surface area contributed by atoms with E-state index in [0.717, 1.165) is 16.7 Å². The van der Waals surface area contributed by atoms with Gasteiger partial charge in [0, 0.05) is 34.2 Å². The number of rotatable bonds is 6. The Morgan fingerprint density at radius 1 is 1.00 bits per heavy atom. The van der Waals surface area contributed by atoms with Crippen molar-refractivity contribution in [1.29, 1.82) is 0 Å². The van der Waals surface area contributed by atoms with Gasteiger partial charge in [-0.2, -0.15) is 0 Å². The van der Waals surface area contributed by atoms with Crippen molar-refractivity contribution in [2.24, 2.45) is 0 Å². The Hall–Kier alpha value is -3.08. The molecule has 1 aliphatic rings. The lowest BCUT2D eigenvalue weighted by Crippen LogP contribution is -2.20. The fourth-order valence-electron chi connectivity index (χ4n) is 3.90. The summed E-state index contributed by atoms with van der Waals surface area (Å²) in [4.78, 5) is 0. The highest BCUT2D eigenvalue weighted by Gasteiger charge is 2.29. The summed E-state index contributed by atoms with van der Waals surface area (Å²) in [5.74, 6) is 1.41. The number of phenols is 3. The number of allylic oxidation sites excluding steroid dienone is 4. The summed E-state index contributed by atoms with van der Waals surface area (Å²) in [7, 11) is 1.58. The zero-order valence-corrected chi connectivity index (χ0v) is 19.0. The number of benzene rings is 2. The monoisotopic (exact) mass is 424 g/mol. The third-order valence-electron chi connectivity index (χ3n) is 5.70. The SMILES string of the molecule is COc1cc2c(c(O)c1CC=C(C)C)CC(c1ccc(O)c(CC=C(C)C)c1O)CO2. The molecule has 2 aromatic carbocycles. The zero-order valence-electron chi connectivity index (χ0n) is 19.0. The van der Waals surface area contributed by atoms with Crippen LogP contribution in [0.4, 0.5) is 0 Å². The maximum absolute atomic E-state index is 11.0. The number of ether oxygens (including phenoxy) is 2. The molecule has 0 aliphatic carbocycles. The van der Waals surface area contributed by atoms with Crippen LogP contribution in [0.25, 0.3) is 0 Å². The Morgan fingerprint density at radius 3 is 2.26 bits per heavy atom. The number of aromatic hydroxyl groups is 3. The molecule has 0 radical (unpaired) electrons. The van der Waals surface area contributed by atoms with Crippen molar-refractivity contribution < 1.29 is 24.8 Å². The van der Waals surface area contributed by atoms with Crippen molar-refractivity contribution in [3.8, 4) is 28.7 Å². The molecule has 0 bridgehead atoms. The van der Waals surface area contributed by atoms with E-state index in [-0.39, 0.29) is 23.2 Å². The Bertz CT molecular complexity index is 1020. The molecule has 0 fully saturated rings. The zero-order chi connectivity index (χ0) is 22.7. The molecule has 0 aromatic heterocycles. The van der Waals surface area contributed by atoms with Crippen LogP contribution in [-0.2, 0) is 19.3 Å². The first-order valence-corrected chi connectivity index (χ1v) is 10.6. The Balaban J connectivity index is 1.99. The van der Waals surface area contributed by atoms with Crippen LogP contribution in [0.5, 0.6) is 28.7 Å². The molecule has 166 valence electrons. The molecule has 5 heteroatoms. The minimum Gasteiger partial charge on any atom is -0.508 e. The van der Waals surface area contributed by atoms with Crippen molar-refractivity contribution in [2.45, 2.75) is 52.9 Å². The largest absolute Gasteiger partial charge is 0.508 e. The Labute approximate surface area is 184 Å². The minimum absolute atomic E-state index is 0.0764. The summed E-state index contributed by atoms with van der Waals surface area (Å²) in [6.07, 6.45) is 5.55. The van der Waals surface area contributed by atoms with Gasteiger partial charge in [-0.3, -0.25) is 0 Å². The normalized spacial score (nSPS) is 14.9. The van der Waals surface area contributed by atoms with Crippen LogP contribution in [0.1, 0.15) is 55.9 Å². The van der Waals surface area contributed by atoms with Gasteiger partial charge < -0.3 is 24.8 Å². The quantitative estimate of drug-likeness (QED) is 0.530. The van der Waals surface area contributed by atoms with Gasteiger partial charge in [0.05, 0.1) is 13.7 Å². The lowest BCUT2D eigenvalue weighted by atomic mass is 9.86. The van der Waals surface area contributed by atoms with Gasteiger partial charge in [0.1, 0.15) is 28.7 Å². The minimum atomic E-state index is -0.144. The second kappa shape index (κ2) is 9.38. The number of fused-ring (bicyclic) bond motifs is 1. The van der Waals surface area contributed by atoms with Crippen molar-refractivity contribution in [3.05, 3.63) is 63.8 Å². The van der Waals surface area contributed by atoms with E-state index in [4.69, 9.17) is 9.47 Å². The van der Waals surface area contributed by atoms with Crippen molar-refractivity contribution in [3.63, 3.8) is 0 Å². The first-order chi connectivity index (χ1) is 14.7.